The number of alkyl halides is 6. The van der Waals surface area contributed by atoms with Crippen LogP contribution < -0.4 is 10.6 Å². The molecule has 0 aliphatic rings. The molecule has 0 bridgehead atoms. The van der Waals surface area contributed by atoms with Crippen LogP contribution in [0, 0.1) is 0 Å². The highest BCUT2D eigenvalue weighted by Gasteiger charge is 2.30. The van der Waals surface area contributed by atoms with E-state index in [9.17, 15) is 31.1 Å². The molecule has 1 rings (SSSR count). The molecule has 0 spiro atoms. The van der Waals surface area contributed by atoms with Crippen molar-refractivity contribution in [3.63, 3.8) is 0 Å². The van der Waals surface area contributed by atoms with E-state index in [0.29, 0.717) is 12.0 Å². The van der Waals surface area contributed by atoms with Gasteiger partial charge in [0.05, 0.1) is 5.56 Å². The predicted molar refractivity (Wildman–Crippen MR) is 75.1 cm³/mol. The highest BCUT2D eigenvalue weighted by Crippen LogP contribution is 2.29. The van der Waals surface area contributed by atoms with Gasteiger partial charge in [-0.05, 0) is 35.9 Å². The number of hydrogen-bond donors (Lipinski definition) is 2. The third-order valence-electron chi connectivity index (χ3n) is 2.63. The molecule has 0 aromatic heterocycles. The number of nitrogens with one attached hydrogen (secondary N) is 2. The lowest BCUT2D eigenvalue weighted by Gasteiger charge is -2.09. The van der Waals surface area contributed by atoms with E-state index in [0.717, 1.165) is 12.1 Å². The summed E-state index contributed by atoms with van der Waals surface area (Å²) in [6, 6.07) is 3.89. The molecule has 0 saturated carbocycles. The minimum absolute atomic E-state index is 0.143. The van der Waals surface area contributed by atoms with E-state index in [1.807, 2.05) is 0 Å². The second-order valence-corrected chi connectivity index (χ2v) is 5.58. The van der Waals surface area contributed by atoms with E-state index in [4.69, 9.17) is 0 Å². The van der Waals surface area contributed by atoms with Crippen LogP contribution >= 0.6 is 11.8 Å². The average molecular weight is 360 g/mol. The Morgan fingerprint density at radius 3 is 2.04 bits per heavy atom. The fourth-order valence-electron chi connectivity index (χ4n) is 1.57. The Hall–Kier alpha value is -1.58. The summed E-state index contributed by atoms with van der Waals surface area (Å²) in [6.07, 6.45) is -4.09. The van der Waals surface area contributed by atoms with Gasteiger partial charge in [-0.1, -0.05) is 12.1 Å². The van der Waals surface area contributed by atoms with Gasteiger partial charge in [-0.3, -0.25) is 0 Å². The van der Waals surface area contributed by atoms with Crippen molar-refractivity contribution in [2.45, 2.75) is 18.1 Å². The molecule has 0 aliphatic carbocycles. The summed E-state index contributed by atoms with van der Waals surface area (Å²) in [6.45, 7) is 0.0138. The Kier molecular flexibility index (Phi) is 7.04. The Balaban J connectivity index is 2.22. The Morgan fingerprint density at radius 2 is 1.52 bits per heavy atom. The number of amides is 2. The van der Waals surface area contributed by atoms with Crippen molar-refractivity contribution in [3.05, 3.63) is 35.4 Å². The third kappa shape index (κ3) is 8.58. The number of carbonyl (C=O) groups excluding carboxylic acids is 1. The lowest BCUT2D eigenvalue weighted by molar-refractivity contribution is -0.137. The molecule has 0 saturated heterocycles. The van der Waals surface area contributed by atoms with Gasteiger partial charge in [0.2, 0.25) is 0 Å². The number of rotatable bonds is 6. The van der Waals surface area contributed by atoms with Crippen LogP contribution in [0.4, 0.5) is 31.1 Å². The topological polar surface area (TPSA) is 41.1 Å². The molecular formula is C13H14F6N2OS. The number of halogens is 6. The van der Waals surface area contributed by atoms with E-state index < -0.39 is 23.3 Å². The van der Waals surface area contributed by atoms with E-state index in [1.165, 1.54) is 12.1 Å². The SMILES string of the molecule is O=C(NCCSC(F)(F)F)NCCc1ccc(C(F)(F)F)cc1. The van der Waals surface area contributed by atoms with Crippen molar-refractivity contribution in [2.24, 2.45) is 0 Å². The molecule has 3 nitrogen and oxygen atoms in total. The quantitative estimate of drug-likeness (QED) is 0.599. The smallest absolute Gasteiger partial charge is 0.338 e. The highest BCUT2D eigenvalue weighted by atomic mass is 32.2. The third-order valence-corrected chi connectivity index (χ3v) is 3.37. The van der Waals surface area contributed by atoms with Gasteiger partial charge in [0, 0.05) is 18.8 Å². The van der Waals surface area contributed by atoms with Crippen LogP contribution in [0.15, 0.2) is 24.3 Å². The van der Waals surface area contributed by atoms with Crippen molar-refractivity contribution >= 4 is 17.8 Å². The fraction of sp³-hybridized carbons (Fsp3) is 0.462. The van der Waals surface area contributed by atoms with Gasteiger partial charge in [-0.25, -0.2) is 4.79 Å². The zero-order chi connectivity index (χ0) is 17.5. The molecule has 2 amide bonds. The van der Waals surface area contributed by atoms with Crippen molar-refractivity contribution in [1.82, 2.24) is 10.6 Å². The summed E-state index contributed by atoms with van der Waals surface area (Å²) in [7, 11) is 0. The maximum absolute atomic E-state index is 12.4. The van der Waals surface area contributed by atoms with Gasteiger partial charge in [-0.15, -0.1) is 0 Å². The molecular weight excluding hydrogens is 346 g/mol. The van der Waals surface area contributed by atoms with Crippen molar-refractivity contribution in [1.29, 1.82) is 0 Å². The van der Waals surface area contributed by atoms with Crippen molar-refractivity contribution < 1.29 is 31.1 Å². The lowest BCUT2D eigenvalue weighted by atomic mass is 10.1. The van der Waals surface area contributed by atoms with Gasteiger partial charge < -0.3 is 10.6 Å². The van der Waals surface area contributed by atoms with Crippen molar-refractivity contribution in [2.75, 3.05) is 18.8 Å². The maximum atomic E-state index is 12.4. The first-order valence-corrected chi connectivity index (χ1v) is 7.45. The average Bonchev–Trinajstić information content (AvgIpc) is 2.42. The molecule has 2 N–H and O–H groups in total. The minimum atomic E-state index is -4.40. The second kappa shape index (κ2) is 8.32. The van der Waals surface area contributed by atoms with Gasteiger partial charge in [0.25, 0.3) is 0 Å². The summed E-state index contributed by atoms with van der Waals surface area (Å²) < 4.78 is 72.6. The van der Waals surface area contributed by atoms with Gasteiger partial charge >= 0.3 is 17.7 Å². The van der Waals surface area contributed by atoms with E-state index in [2.05, 4.69) is 10.6 Å². The summed E-state index contributed by atoms with van der Waals surface area (Å²) in [5, 5.41) is 4.66. The molecule has 1 aromatic rings. The number of carbonyl (C=O) groups is 1. The summed E-state index contributed by atoms with van der Waals surface area (Å²) in [4.78, 5) is 11.3. The van der Waals surface area contributed by atoms with Crippen LogP contribution in [0.2, 0.25) is 0 Å². The first kappa shape index (κ1) is 19.5. The molecule has 0 unspecified atom stereocenters. The van der Waals surface area contributed by atoms with Crippen LogP contribution in [-0.4, -0.2) is 30.4 Å². The zero-order valence-electron chi connectivity index (χ0n) is 11.7. The Bertz CT molecular complexity index is 501. The highest BCUT2D eigenvalue weighted by molar-refractivity contribution is 8.00. The van der Waals surface area contributed by atoms with Crippen LogP contribution in [0.3, 0.4) is 0 Å². The maximum Gasteiger partial charge on any atom is 0.441 e. The van der Waals surface area contributed by atoms with E-state index in [-0.39, 0.29) is 30.6 Å². The van der Waals surface area contributed by atoms with Crippen molar-refractivity contribution in [3.8, 4) is 0 Å². The monoisotopic (exact) mass is 360 g/mol. The van der Waals surface area contributed by atoms with Gasteiger partial charge in [0.1, 0.15) is 0 Å². The molecule has 0 radical (unpaired) electrons. The molecule has 0 aliphatic heterocycles. The van der Waals surface area contributed by atoms with Crippen LogP contribution in [0.5, 0.6) is 0 Å². The van der Waals surface area contributed by atoms with Crippen LogP contribution in [-0.2, 0) is 12.6 Å². The first-order valence-electron chi connectivity index (χ1n) is 6.46. The molecule has 10 heteroatoms. The van der Waals surface area contributed by atoms with E-state index >= 15 is 0 Å². The first-order chi connectivity index (χ1) is 10.6. The molecule has 0 atom stereocenters. The molecule has 0 fully saturated rings. The van der Waals surface area contributed by atoms with Gasteiger partial charge in [-0.2, -0.15) is 26.3 Å². The normalized spacial score (nSPS) is 12.1. The lowest BCUT2D eigenvalue weighted by Crippen LogP contribution is -2.37. The van der Waals surface area contributed by atoms with Crippen LogP contribution in [0.1, 0.15) is 11.1 Å². The molecule has 0 heterocycles. The second-order valence-electron chi connectivity index (χ2n) is 4.42. The van der Waals surface area contributed by atoms with Gasteiger partial charge in [0.15, 0.2) is 0 Å². The fourth-order valence-corrected chi connectivity index (χ4v) is 2.01. The summed E-state index contributed by atoms with van der Waals surface area (Å²) >= 11 is -0.235. The Morgan fingerprint density at radius 1 is 0.957 bits per heavy atom. The van der Waals surface area contributed by atoms with Crippen LogP contribution in [0.25, 0.3) is 0 Å². The minimum Gasteiger partial charge on any atom is -0.338 e. The standard InChI is InChI=1S/C13H14F6N2OS/c14-12(15,16)10-3-1-9(2-4-10)5-6-20-11(22)21-7-8-23-13(17,18)19/h1-4H,5-8H2,(H2,20,21,22). The molecule has 130 valence electrons. The molecule has 23 heavy (non-hydrogen) atoms. The summed E-state index contributed by atoms with van der Waals surface area (Å²) in [5.41, 5.74) is -4.49. The predicted octanol–water partition coefficient (Wildman–Crippen LogP) is 3.80. The Labute approximate surface area is 132 Å². The number of hydrogen-bond acceptors (Lipinski definition) is 2. The number of thioether (sulfide) groups is 1. The largest absolute Gasteiger partial charge is 0.441 e. The summed E-state index contributed by atoms with van der Waals surface area (Å²) in [5.74, 6) is -0.296. The number of urea groups is 1. The van der Waals surface area contributed by atoms with E-state index in [1.54, 1.807) is 0 Å². The molecule has 1 aromatic carbocycles. The zero-order valence-corrected chi connectivity index (χ0v) is 12.5. The number of benzene rings is 1.